The molecule has 0 radical (unpaired) electrons. The molecule has 0 heterocycles. The summed E-state index contributed by atoms with van der Waals surface area (Å²) in [6.45, 7) is 3.42. The van der Waals surface area contributed by atoms with E-state index in [9.17, 15) is 13.2 Å². The van der Waals surface area contributed by atoms with Gasteiger partial charge in [-0.25, -0.2) is 13.2 Å². The summed E-state index contributed by atoms with van der Waals surface area (Å²) >= 11 is 0. The van der Waals surface area contributed by atoms with Crippen molar-refractivity contribution in [3.05, 3.63) is 64.0 Å². The Bertz CT molecular complexity index is 687. The summed E-state index contributed by atoms with van der Waals surface area (Å²) in [5.74, 6) is -1.95. The highest BCUT2D eigenvalue weighted by Crippen LogP contribution is 2.22. The van der Waals surface area contributed by atoms with Gasteiger partial charge in [-0.05, 0) is 42.7 Å². The Hall–Kier alpha value is -2.48. The third-order valence-electron chi connectivity index (χ3n) is 3.14. The van der Waals surface area contributed by atoms with E-state index in [4.69, 9.17) is 5.26 Å². The first-order valence-electron chi connectivity index (χ1n) is 6.31. The number of benzene rings is 2. The molecule has 0 aliphatic carbocycles. The molecule has 0 fully saturated rings. The summed E-state index contributed by atoms with van der Waals surface area (Å²) in [7, 11) is 0. The largest absolute Gasteiger partial charge is 0.376 e. The second-order valence-electron chi connectivity index (χ2n) is 4.82. The third-order valence-corrected chi connectivity index (χ3v) is 3.14. The first kappa shape index (κ1) is 14.9. The van der Waals surface area contributed by atoms with Gasteiger partial charge in [-0.1, -0.05) is 12.1 Å². The first-order valence-corrected chi connectivity index (χ1v) is 6.31. The molecule has 2 rings (SSSR count). The monoisotopic (exact) mass is 290 g/mol. The molecule has 0 aliphatic heterocycles. The zero-order valence-corrected chi connectivity index (χ0v) is 11.6. The lowest BCUT2D eigenvalue weighted by molar-refractivity contribution is 0.587. The molecule has 0 amide bonds. The van der Waals surface area contributed by atoms with Crippen LogP contribution in [0.1, 0.15) is 22.3 Å². The molecule has 5 heteroatoms. The second kappa shape index (κ2) is 5.88. The zero-order valence-electron chi connectivity index (χ0n) is 11.6. The van der Waals surface area contributed by atoms with Gasteiger partial charge < -0.3 is 5.32 Å². The Morgan fingerprint density at radius 1 is 1.00 bits per heavy atom. The maximum absolute atomic E-state index is 13.7. The number of halogens is 3. The number of nitriles is 1. The minimum Gasteiger partial charge on any atom is -0.376 e. The van der Waals surface area contributed by atoms with Gasteiger partial charge in [-0.3, -0.25) is 0 Å². The van der Waals surface area contributed by atoms with Crippen LogP contribution in [0.2, 0.25) is 0 Å². The number of hydrogen-bond acceptors (Lipinski definition) is 2. The highest BCUT2D eigenvalue weighted by molar-refractivity contribution is 5.50. The molecule has 0 aliphatic rings. The minimum atomic E-state index is -0.831. The number of nitrogens with one attached hydrogen (secondary N) is 1. The van der Waals surface area contributed by atoms with E-state index in [0.717, 1.165) is 17.7 Å². The van der Waals surface area contributed by atoms with Gasteiger partial charge in [0.1, 0.15) is 11.5 Å². The Kier molecular flexibility index (Phi) is 4.18. The highest BCUT2D eigenvalue weighted by atomic mass is 19.1. The van der Waals surface area contributed by atoms with Crippen molar-refractivity contribution in [1.29, 1.82) is 5.26 Å². The van der Waals surface area contributed by atoms with Crippen LogP contribution in [-0.4, -0.2) is 0 Å². The maximum Gasteiger partial charge on any atom is 0.150 e. The van der Waals surface area contributed by atoms with Crippen LogP contribution in [-0.2, 0) is 6.54 Å². The van der Waals surface area contributed by atoms with E-state index in [2.05, 4.69) is 5.32 Å². The van der Waals surface area contributed by atoms with Crippen LogP contribution >= 0.6 is 0 Å². The molecular weight excluding hydrogens is 277 g/mol. The molecule has 0 saturated heterocycles. The van der Waals surface area contributed by atoms with Crippen molar-refractivity contribution in [3.63, 3.8) is 0 Å². The van der Waals surface area contributed by atoms with Crippen molar-refractivity contribution < 1.29 is 13.2 Å². The van der Waals surface area contributed by atoms with E-state index in [1.165, 1.54) is 0 Å². The van der Waals surface area contributed by atoms with E-state index in [1.54, 1.807) is 32.0 Å². The SMILES string of the molecule is Cc1cc(CNc2c(F)cc(C#N)cc2F)cc(C)c1F. The molecule has 2 aromatic rings. The van der Waals surface area contributed by atoms with Gasteiger partial charge in [-0.15, -0.1) is 0 Å². The fraction of sp³-hybridized carbons (Fsp3) is 0.188. The van der Waals surface area contributed by atoms with Gasteiger partial charge in [0.05, 0.1) is 11.6 Å². The van der Waals surface area contributed by atoms with Crippen LogP contribution < -0.4 is 5.32 Å². The Labute approximate surface area is 120 Å². The maximum atomic E-state index is 13.7. The number of nitrogens with zero attached hydrogens (tertiary/aromatic N) is 1. The lowest BCUT2D eigenvalue weighted by Gasteiger charge is -2.11. The molecule has 0 saturated carbocycles. The second-order valence-corrected chi connectivity index (χ2v) is 4.82. The van der Waals surface area contributed by atoms with Crippen LogP contribution in [0.3, 0.4) is 0 Å². The predicted molar refractivity (Wildman–Crippen MR) is 74.3 cm³/mol. The standard InChI is InChI=1S/C16H13F3N2/c1-9-3-12(4-10(2)15(9)19)8-21-16-13(17)5-11(7-20)6-14(16)18/h3-6,21H,8H2,1-2H3. The average Bonchev–Trinajstić information content (AvgIpc) is 2.43. The van der Waals surface area contributed by atoms with Crippen molar-refractivity contribution in [2.24, 2.45) is 0 Å². The minimum absolute atomic E-state index is 0.0796. The Morgan fingerprint density at radius 3 is 2.00 bits per heavy atom. The molecule has 1 N–H and O–H groups in total. The molecule has 108 valence electrons. The van der Waals surface area contributed by atoms with Crippen molar-refractivity contribution >= 4 is 5.69 Å². The summed E-state index contributed by atoms with van der Waals surface area (Å²) < 4.78 is 40.9. The van der Waals surface area contributed by atoms with Crippen LogP contribution in [0.25, 0.3) is 0 Å². The smallest absolute Gasteiger partial charge is 0.150 e. The van der Waals surface area contributed by atoms with Crippen molar-refractivity contribution in [2.75, 3.05) is 5.32 Å². The van der Waals surface area contributed by atoms with Gasteiger partial charge >= 0.3 is 0 Å². The van der Waals surface area contributed by atoms with Crippen molar-refractivity contribution in [2.45, 2.75) is 20.4 Å². The van der Waals surface area contributed by atoms with Crippen LogP contribution in [0.4, 0.5) is 18.9 Å². The van der Waals surface area contributed by atoms with Crippen molar-refractivity contribution in [1.82, 2.24) is 0 Å². The van der Waals surface area contributed by atoms with Crippen LogP contribution in [0.5, 0.6) is 0 Å². The first-order chi connectivity index (χ1) is 9.92. The summed E-state index contributed by atoms with van der Waals surface area (Å²) in [4.78, 5) is 0. The lowest BCUT2D eigenvalue weighted by Crippen LogP contribution is -2.05. The van der Waals surface area contributed by atoms with Gasteiger partial charge in [-0.2, -0.15) is 5.26 Å². The molecule has 2 nitrogen and oxygen atoms in total. The molecule has 0 spiro atoms. The summed E-state index contributed by atoms with van der Waals surface area (Å²) in [6, 6.07) is 6.85. The number of hydrogen-bond donors (Lipinski definition) is 1. The molecule has 2 aromatic carbocycles. The summed E-state index contributed by atoms with van der Waals surface area (Å²) in [5, 5.41) is 11.3. The quantitative estimate of drug-likeness (QED) is 0.919. The molecule has 0 unspecified atom stereocenters. The number of rotatable bonds is 3. The topological polar surface area (TPSA) is 35.8 Å². The Morgan fingerprint density at radius 2 is 1.52 bits per heavy atom. The van der Waals surface area contributed by atoms with Crippen LogP contribution in [0, 0.1) is 42.6 Å². The van der Waals surface area contributed by atoms with E-state index < -0.39 is 11.6 Å². The fourth-order valence-electron chi connectivity index (χ4n) is 2.13. The molecule has 0 atom stereocenters. The van der Waals surface area contributed by atoms with Gasteiger partial charge in [0, 0.05) is 6.54 Å². The molecular formula is C16H13F3N2. The van der Waals surface area contributed by atoms with E-state index in [0.29, 0.717) is 11.1 Å². The Balaban J connectivity index is 2.23. The van der Waals surface area contributed by atoms with E-state index in [1.807, 2.05) is 0 Å². The predicted octanol–water partition coefficient (Wildman–Crippen LogP) is 4.20. The fourth-order valence-corrected chi connectivity index (χ4v) is 2.13. The third kappa shape index (κ3) is 3.16. The molecule has 0 bridgehead atoms. The lowest BCUT2D eigenvalue weighted by atomic mass is 10.1. The normalized spacial score (nSPS) is 10.3. The molecule has 0 aromatic heterocycles. The highest BCUT2D eigenvalue weighted by Gasteiger charge is 2.11. The van der Waals surface area contributed by atoms with Gasteiger partial charge in [0.25, 0.3) is 0 Å². The van der Waals surface area contributed by atoms with Gasteiger partial charge in [0.15, 0.2) is 11.6 Å². The summed E-state index contributed by atoms with van der Waals surface area (Å²) in [6.07, 6.45) is 0. The number of anilines is 1. The molecule has 21 heavy (non-hydrogen) atoms. The van der Waals surface area contributed by atoms with Gasteiger partial charge in [0.2, 0.25) is 0 Å². The number of aryl methyl sites for hydroxylation is 2. The van der Waals surface area contributed by atoms with E-state index in [-0.39, 0.29) is 23.6 Å². The average molecular weight is 290 g/mol. The van der Waals surface area contributed by atoms with E-state index >= 15 is 0 Å². The zero-order chi connectivity index (χ0) is 15.6. The summed E-state index contributed by atoms with van der Waals surface area (Å²) in [5.41, 5.74) is 1.30. The van der Waals surface area contributed by atoms with Crippen LogP contribution in [0.15, 0.2) is 24.3 Å². The van der Waals surface area contributed by atoms with Crippen molar-refractivity contribution in [3.8, 4) is 6.07 Å².